The van der Waals surface area contributed by atoms with Crippen molar-refractivity contribution in [2.45, 2.75) is 0 Å². The summed E-state index contributed by atoms with van der Waals surface area (Å²) in [7, 11) is 0. The predicted molar refractivity (Wildman–Crippen MR) is 83.4 cm³/mol. The summed E-state index contributed by atoms with van der Waals surface area (Å²) in [4.78, 5) is 13.1. The SMILES string of the molecule is Clc1cc(-c2ccccc2)nc(-c2ncccc2Br)n1. The molecule has 0 aliphatic carbocycles. The molecule has 98 valence electrons. The molecule has 5 heteroatoms. The molecule has 0 aliphatic rings. The molecule has 1 aromatic carbocycles. The van der Waals surface area contributed by atoms with Crippen LogP contribution < -0.4 is 0 Å². The van der Waals surface area contributed by atoms with Crippen LogP contribution in [-0.2, 0) is 0 Å². The lowest BCUT2D eigenvalue weighted by atomic mass is 10.1. The van der Waals surface area contributed by atoms with E-state index in [-0.39, 0.29) is 0 Å². The van der Waals surface area contributed by atoms with Gasteiger partial charge in [-0.15, -0.1) is 0 Å². The molecule has 20 heavy (non-hydrogen) atoms. The number of aromatic nitrogens is 3. The van der Waals surface area contributed by atoms with E-state index in [1.54, 1.807) is 12.3 Å². The van der Waals surface area contributed by atoms with Gasteiger partial charge in [0.15, 0.2) is 5.82 Å². The Kier molecular flexibility index (Phi) is 3.76. The molecule has 3 rings (SSSR count). The average molecular weight is 347 g/mol. The first-order valence-electron chi connectivity index (χ1n) is 5.95. The van der Waals surface area contributed by atoms with Crippen molar-refractivity contribution in [2.24, 2.45) is 0 Å². The molecule has 0 unspecified atom stereocenters. The minimum absolute atomic E-state index is 0.395. The molecule has 0 amide bonds. The van der Waals surface area contributed by atoms with Gasteiger partial charge in [0.1, 0.15) is 10.8 Å². The lowest BCUT2D eigenvalue weighted by Crippen LogP contribution is -1.95. The van der Waals surface area contributed by atoms with Crippen molar-refractivity contribution in [1.82, 2.24) is 15.0 Å². The quantitative estimate of drug-likeness (QED) is 0.635. The van der Waals surface area contributed by atoms with Crippen molar-refractivity contribution < 1.29 is 0 Å². The maximum atomic E-state index is 6.11. The second kappa shape index (κ2) is 5.69. The van der Waals surface area contributed by atoms with E-state index < -0.39 is 0 Å². The fourth-order valence-electron chi connectivity index (χ4n) is 1.83. The number of benzene rings is 1. The van der Waals surface area contributed by atoms with Crippen molar-refractivity contribution in [3.63, 3.8) is 0 Å². The molecular formula is C15H9BrClN3. The second-order valence-electron chi connectivity index (χ2n) is 4.10. The Bertz CT molecular complexity index is 747. The van der Waals surface area contributed by atoms with Gasteiger partial charge in [-0.2, -0.15) is 0 Å². The van der Waals surface area contributed by atoms with Gasteiger partial charge >= 0.3 is 0 Å². The van der Waals surface area contributed by atoms with Gasteiger partial charge in [0.25, 0.3) is 0 Å². The number of halogens is 2. The van der Waals surface area contributed by atoms with Gasteiger partial charge in [0, 0.05) is 22.3 Å². The fraction of sp³-hybridized carbons (Fsp3) is 0. The van der Waals surface area contributed by atoms with Crippen LogP contribution in [0.25, 0.3) is 22.8 Å². The van der Waals surface area contributed by atoms with Crippen LogP contribution in [0.15, 0.2) is 59.2 Å². The van der Waals surface area contributed by atoms with E-state index >= 15 is 0 Å². The third kappa shape index (κ3) is 2.71. The molecule has 0 fully saturated rings. The van der Waals surface area contributed by atoms with Crippen LogP contribution in [0.2, 0.25) is 5.15 Å². The number of hydrogen-bond acceptors (Lipinski definition) is 3. The van der Waals surface area contributed by atoms with Gasteiger partial charge in [-0.3, -0.25) is 4.98 Å². The first-order valence-corrected chi connectivity index (χ1v) is 7.12. The third-order valence-electron chi connectivity index (χ3n) is 2.73. The second-order valence-corrected chi connectivity index (χ2v) is 5.34. The summed E-state index contributed by atoms with van der Waals surface area (Å²) in [5.74, 6) is 0.504. The first kappa shape index (κ1) is 13.2. The van der Waals surface area contributed by atoms with Gasteiger partial charge in [0.05, 0.1) is 5.69 Å². The van der Waals surface area contributed by atoms with Crippen LogP contribution in [0, 0.1) is 0 Å². The van der Waals surface area contributed by atoms with E-state index in [1.807, 2.05) is 42.5 Å². The van der Waals surface area contributed by atoms with Gasteiger partial charge in [-0.05, 0) is 28.1 Å². The van der Waals surface area contributed by atoms with Crippen LogP contribution in [0.3, 0.4) is 0 Å². The molecule has 2 heterocycles. The molecule has 0 aliphatic heterocycles. The van der Waals surface area contributed by atoms with E-state index in [2.05, 4.69) is 30.9 Å². The summed E-state index contributed by atoms with van der Waals surface area (Å²) in [6, 6.07) is 15.3. The standard InChI is InChI=1S/C15H9BrClN3/c16-11-7-4-8-18-14(11)15-19-12(9-13(17)20-15)10-5-2-1-3-6-10/h1-9H. The Labute approximate surface area is 129 Å². The van der Waals surface area contributed by atoms with Crippen LogP contribution in [0.1, 0.15) is 0 Å². The van der Waals surface area contributed by atoms with Gasteiger partial charge in [-0.25, -0.2) is 9.97 Å². The highest BCUT2D eigenvalue weighted by atomic mass is 79.9. The zero-order valence-electron chi connectivity index (χ0n) is 10.3. The monoisotopic (exact) mass is 345 g/mol. The van der Waals surface area contributed by atoms with Gasteiger partial charge in [-0.1, -0.05) is 41.9 Å². The summed E-state index contributed by atoms with van der Waals surface area (Å²) in [6.07, 6.45) is 1.70. The average Bonchev–Trinajstić information content (AvgIpc) is 2.48. The third-order valence-corrected chi connectivity index (χ3v) is 3.57. The van der Waals surface area contributed by atoms with Gasteiger partial charge < -0.3 is 0 Å². The minimum atomic E-state index is 0.395. The van der Waals surface area contributed by atoms with Crippen LogP contribution >= 0.6 is 27.5 Å². The van der Waals surface area contributed by atoms with E-state index in [1.165, 1.54) is 0 Å². The molecule has 3 aromatic rings. The Hall–Kier alpha value is -1.78. The highest BCUT2D eigenvalue weighted by Gasteiger charge is 2.11. The van der Waals surface area contributed by atoms with E-state index in [9.17, 15) is 0 Å². The summed E-state index contributed by atoms with van der Waals surface area (Å²) in [6.45, 7) is 0. The van der Waals surface area contributed by atoms with E-state index in [0.717, 1.165) is 15.7 Å². The first-order chi connectivity index (χ1) is 9.74. The zero-order chi connectivity index (χ0) is 13.9. The molecule has 2 aromatic heterocycles. The molecule has 0 atom stereocenters. The predicted octanol–water partition coefficient (Wildman–Crippen LogP) is 4.62. The normalized spacial score (nSPS) is 10.5. The number of pyridine rings is 1. The molecule has 0 bridgehead atoms. The van der Waals surface area contributed by atoms with E-state index in [0.29, 0.717) is 16.7 Å². The molecule has 0 radical (unpaired) electrons. The minimum Gasteiger partial charge on any atom is -0.252 e. The summed E-state index contributed by atoms with van der Waals surface area (Å²) in [5, 5.41) is 0.395. The van der Waals surface area contributed by atoms with Crippen molar-refractivity contribution in [2.75, 3.05) is 0 Å². The van der Waals surface area contributed by atoms with Crippen LogP contribution in [0.5, 0.6) is 0 Å². The smallest absolute Gasteiger partial charge is 0.181 e. The Morgan fingerprint density at radius 1 is 0.950 bits per heavy atom. The van der Waals surface area contributed by atoms with Crippen LogP contribution in [0.4, 0.5) is 0 Å². The Morgan fingerprint density at radius 2 is 1.75 bits per heavy atom. The van der Waals surface area contributed by atoms with Crippen molar-refractivity contribution in [3.05, 3.63) is 64.4 Å². The number of rotatable bonds is 2. The fourth-order valence-corrected chi connectivity index (χ4v) is 2.45. The summed E-state index contributed by atoms with van der Waals surface area (Å²) in [5.41, 5.74) is 2.44. The van der Waals surface area contributed by atoms with Crippen molar-refractivity contribution in [3.8, 4) is 22.8 Å². The highest BCUT2D eigenvalue weighted by Crippen LogP contribution is 2.27. The number of hydrogen-bond donors (Lipinski definition) is 0. The van der Waals surface area contributed by atoms with Crippen molar-refractivity contribution in [1.29, 1.82) is 0 Å². The Morgan fingerprint density at radius 3 is 2.50 bits per heavy atom. The molecular weight excluding hydrogens is 338 g/mol. The lowest BCUT2D eigenvalue weighted by molar-refractivity contribution is 1.14. The Balaban J connectivity index is 2.15. The van der Waals surface area contributed by atoms with E-state index in [4.69, 9.17) is 11.6 Å². The molecule has 0 spiro atoms. The molecule has 0 saturated carbocycles. The topological polar surface area (TPSA) is 38.7 Å². The lowest BCUT2D eigenvalue weighted by Gasteiger charge is -2.06. The van der Waals surface area contributed by atoms with Gasteiger partial charge in [0.2, 0.25) is 0 Å². The van der Waals surface area contributed by atoms with Crippen LogP contribution in [-0.4, -0.2) is 15.0 Å². The maximum absolute atomic E-state index is 6.11. The highest BCUT2D eigenvalue weighted by molar-refractivity contribution is 9.10. The summed E-state index contributed by atoms with van der Waals surface area (Å²) >= 11 is 9.56. The number of nitrogens with zero attached hydrogens (tertiary/aromatic N) is 3. The van der Waals surface area contributed by atoms with Crippen molar-refractivity contribution >= 4 is 27.5 Å². The maximum Gasteiger partial charge on any atom is 0.181 e. The largest absolute Gasteiger partial charge is 0.252 e. The molecule has 0 saturated heterocycles. The molecule has 0 N–H and O–H groups in total. The summed E-state index contributed by atoms with van der Waals surface area (Å²) < 4.78 is 0.835. The zero-order valence-corrected chi connectivity index (χ0v) is 12.6. The molecule has 3 nitrogen and oxygen atoms in total.